The van der Waals surface area contributed by atoms with Crippen molar-refractivity contribution in [1.82, 2.24) is 5.32 Å². The first-order valence-corrected chi connectivity index (χ1v) is 8.97. The molecular weight excluding hydrogens is 344 g/mol. The van der Waals surface area contributed by atoms with Crippen LogP contribution in [0.15, 0.2) is 47.4 Å². The number of nitrogens with one attached hydrogen (secondary N) is 1. The van der Waals surface area contributed by atoms with Crippen molar-refractivity contribution in [3.8, 4) is 11.5 Å². The highest BCUT2D eigenvalue weighted by molar-refractivity contribution is 7.89. The molecule has 25 heavy (non-hydrogen) atoms. The molecule has 8 heteroatoms. The standard InChI is InChI=1S/C17H20N2O5S/c1-23-15-8-5-13(9-16(15)24-2)10-17(20)19-11-12-3-6-14(7-4-12)25(18,21)22/h3-9H,10-11H2,1-2H3,(H,19,20)(H2,18,21,22). The third kappa shape index (κ3) is 5.20. The van der Waals surface area contributed by atoms with Crippen LogP contribution in [-0.4, -0.2) is 28.5 Å². The van der Waals surface area contributed by atoms with E-state index < -0.39 is 10.0 Å². The van der Waals surface area contributed by atoms with Gasteiger partial charge in [-0.1, -0.05) is 18.2 Å². The highest BCUT2D eigenvalue weighted by atomic mass is 32.2. The molecule has 0 unspecified atom stereocenters. The van der Waals surface area contributed by atoms with E-state index in [-0.39, 0.29) is 23.8 Å². The zero-order chi connectivity index (χ0) is 18.4. The average molecular weight is 364 g/mol. The number of rotatable bonds is 7. The second kappa shape index (κ2) is 8.00. The van der Waals surface area contributed by atoms with E-state index in [9.17, 15) is 13.2 Å². The molecule has 0 aliphatic rings. The lowest BCUT2D eigenvalue weighted by Gasteiger charge is -2.10. The highest BCUT2D eigenvalue weighted by Crippen LogP contribution is 2.27. The number of ether oxygens (including phenoxy) is 2. The number of carbonyl (C=O) groups is 1. The van der Waals surface area contributed by atoms with Gasteiger partial charge in [0.15, 0.2) is 11.5 Å². The highest BCUT2D eigenvalue weighted by Gasteiger charge is 2.09. The van der Waals surface area contributed by atoms with E-state index in [2.05, 4.69) is 5.32 Å². The van der Waals surface area contributed by atoms with Crippen molar-refractivity contribution in [1.29, 1.82) is 0 Å². The van der Waals surface area contributed by atoms with Gasteiger partial charge in [-0.15, -0.1) is 0 Å². The molecule has 0 fully saturated rings. The summed E-state index contributed by atoms with van der Waals surface area (Å²) in [5.41, 5.74) is 1.56. The Labute approximate surface area is 146 Å². The lowest BCUT2D eigenvalue weighted by atomic mass is 10.1. The molecule has 0 aliphatic carbocycles. The summed E-state index contributed by atoms with van der Waals surface area (Å²) in [6.07, 6.45) is 0.190. The van der Waals surface area contributed by atoms with Crippen LogP contribution < -0.4 is 19.9 Å². The molecule has 2 aromatic rings. The minimum absolute atomic E-state index is 0.0351. The van der Waals surface area contributed by atoms with Gasteiger partial charge in [0.25, 0.3) is 0 Å². The summed E-state index contributed by atoms with van der Waals surface area (Å²) in [6.45, 7) is 0.289. The van der Waals surface area contributed by atoms with Crippen LogP contribution in [0.4, 0.5) is 0 Å². The van der Waals surface area contributed by atoms with Gasteiger partial charge in [0, 0.05) is 6.54 Å². The Hall–Kier alpha value is -2.58. The Kier molecular flexibility index (Phi) is 6.00. The predicted octanol–water partition coefficient (Wildman–Crippen LogP) is 1.21. The first-order valence-electron chi connectivity index (χ1n) is 7.43. The van der Waals surface area contributed by atoms with Crippen LogP contribution in [0.25, 0.3) is 0 Å². The Bertz CT molecular complexity index is 848. The summed E-state index contributed by atoms with van der Waals surface area (Å²) in [5.74, 6) is 0.996. The van der Waals surface area contributed by atoms with Crippen LogP contribution in [0.5, 0.6) is 11.5 Å². The van der Waals surface area contributed by atoms with Gasteiger partial charge in [-0.25, -0.2) is 13.6 Å². The third-order valence-corrected chi connectivity index (χ3v) is 4.48. The maximum Gasteiger partial charge on any atom is 0.238 e. The number of primary sulfonamides is 1. The zero-order valence-electron chi connectivity index (χ0n) is 14.0. The van der Waals surface area contributed by atoms with Gasteiger partial charge in [0.05, 0.1) is 25.5 Å². The van der Waals surface area contributed by atoms with Gasteiger partial charge in [0.1, 0.15) is 0 Å². The molecule has 0 saturated heterocycles. The van der Waals surface area contributed by atoms with E-state index in [4.69, 9.17) is 14.6 Å². The zero-order valence-corrected chi connectivity index (χ0v) is 14.8. The fraction of sp³-hybridized carbons (Fsp3) is 0.235. The van der Waals surface area contributed by atoms with Crippen LogP contribution in [0, 0.1) is 0 Å². The van der Waals surface area contributed by atoms with Gasteiger partial charge in [-0.05, 0) is 35.4 Å². The van der Waals surface area contributed by atoms with Crippen molar-refractivity contribution in [2.75, 3.05) is 14.2 Å². The lowest BCUT2D eigenvalue weighted by Crippen LogP contribution is -2.24. The molecule has 3 N–H and O–H groups in total. The molecule has 0 aromatic heterocycles. The molecular formula is C17H20N2O5S. The molecule has 0 atom stereocenters. The largest absolute Gasteiger partial charge is 0.493 e. The quantitative estimate of drug-likeness (QED) is 0.768. The molecule has 7 nitrogen and oxygen atoms in total. The molecule has 0 saturated carbocycles. The number of hydrogen-bond acceptors (Lipinski definition) is 5. The van der Waals surface area contributed by atoms with Crippen molar-refractivity contribution in [2.24, 2.45) is 5.14 Å². The Balaban J connectivity index is 1.94. The molecule has 2 aromatic carbocycles. The van der Waals surface area contributed by atoms with E-state index in [1.165, 1.54) is 19.2 Å². The van der Waals surface area contributed by atoms with E-state index in [1.54, 1.807) is 37.4 Å². The first-order chi connectivity index (χ1) is 11.8. The fourth-order valence-corrected chi connectivity index (χ4v) is 2.75. The van der Waals surface area contributed by atoms with Crippen molar-refractivity contribution in [2.45, 2.75) is 17.9 Å². The summed E-state index contributed by atoms with van der Waals surface area (Å²) in [7, 11) is -0.632. The summed E-state index contributed by atoms with van der Waals surface area (Å²) in [4.78, 5) is 12.1. The molecule has 0 spiro atoms. The Morgan fingerprint density at radius 1 is 1.00 bits per heavy atom. The average Bonchev–Trinajstić information content (AvgIpc) is 2.59. The van der Waals surface area contributed by atoms with Crippen molar-refractivity contribution in [3.63, 3.8) is 0 Å². The molecule has 134 valence electrons. The number of nitrogens with two attached hydrogens (primary N) is 1. The molecule has 0 aliphatic heterocycles. The summed E-state index contributed by atoms with van der Waals surface area (Å²) >= 11 is 0. The second-order valence-electron chi connectivity index (χ2n) is 5.33. The number of amides is 1. The van der Waals surface area contributed by atoms with Crippen LogP contribution in [0.3, 0.4) is 0 Å². The number of carbonyl (C=O) groups excluding carboxylic acids is 1. The molecule has 0 bridgehead atoms. The van der Waals surface area contributed by atoms with Crippen LogP contribution in [-0.2, 0) is 27.8 Å². The maximum atomic E-state index is 12.1. The summed E-state index contributed by atoms with van der Waals surface area (Å²) in [6, 6.07) is 11.3. The number of hydrogen-bond donors (Lipinski definition) is 2. The predicted molar refractivity (Wildman–Crippen MR) is 92.9 cm³/mol. The first kappa shape index (κ1) is 18.8. The van der Waals surface area contributed by atoms with Crippen LogP contribution in [0.1, 0.15) is 11.1 Å². The van der Waals surface area contributed by atoms with Gasteiger partial charge in [-0.3, -0.25) is 4.79 Å². The normalized spacial score (nSPS) is 11.0. The Morgan fingerprint density at radius 3 is 2.16 bits per heavy atom. The lowest BCUT2D eigenvalue weighted by molar-refractivity contribution is -0.120. The third-order valence-electron chi connectivity index (χ3n) is 3.55. The number of sulfonamides is 1. The maximum absolute atomic E-state index is 12.1. The van der Waals surface area contributed by atoms with E-state index >= 15 is 0 Å². The topological polar surface area (TPSA) is 108 Å². The van der Waals surface area contributed by atoms with Crippen LogP contribution in [0.2, 0.25) is 0 Å². The monoisotopic (exact) mass is 364 g/mol. The number of benzene rings is 2. The van der Waals surface area contributed by atoms with E-state index in [0.29, 0.717) is 11.5 Å². The van der Waals surface area contributed by atoms with Crippen molar-refractivity contribution < 1.29 is 22.7 Å². The molecule has 0 radical (unpaired) electrons. The second-order valence-corrected chi connectivity index (χ2v) is 6.89. The summed E-state index contributed by atoms with van der Waals surface area (Å²) < 4.78 is 32.8. The number of methoxy groups -OCH3 is 2. The van der Waals surface area contributed by atoms with E-state index in [1.807, 2.05) is 0 Å². The van der Waals surface area contributed by atoms with Crippen molar-refractivity contribution in [3.05, 3.63) is 53.6 Å². The van der Waals surface area contributed by atoms with E-state index in [0.717, 1.165) is 11.1 Å². The molecule has 2 rings (SSSR count). The minimum atomic E-state index is -3.71. The Morgan fingerprint density at radius 2 is 1.60 bits per heavy atom. The van der Waals surface area contributed by atoms with Crippen molar-refractivity contribution >= 4 is 15.9 Å². The minimum Gasteiger partial charge on any atom is -0.493 e. The van der Waals surface area contributed by atoms with Crippen LogP contribution >= 0.6 is 0 Å². The van der Waals surface area contributed by atoms with Gasteiger partial charge in [0.2, 0.25) is 15.9 Å². The van der Waals surface area contributed by atoms with Gasteiger partial charge in [-0.2, -0.15) is 0 Å². The smallest absolute Gasteiger partial charge is 0.238 e. The fourth-order valence-electron chi connectivity index (χ4n) is 2.24. The molecule has 1 amide bonds. The molecule has 0 heterocycles. The van der Waals surface area contributed by atoms with Gasteiger partial charge >= 0.3 is 0 Å². The SMILES string of the molecule is COc1ccc(CC(=O)NCc2ccc(S(N)(=O)=O)cc2)cc1OC. The summed E-state index contributed by atoms with van der Waals surface area (Å²) in [5, 5.41) is 7.82. The van der Waals surface area contributed by atoms with Gasteiger partial charge < -0.3 is 14.8 Å².